The molecule has 0 N–H and O–H groups in total. The molecule has 2 atom stereocenters. The van der Waals surface area contributed by atoms with Gasteiger partial charge in [-0.15, -0.1) is 11.3 Å². The summed E-state index contributed by atoms with van der Waals surface area (Å²) in [5.41, 5.74) is 0.997. The number of hydrogen-bond acceptors (Lipinski definition) is 5. The Hall–Kier alpha value is -1.20. The zero-order valence-electron chi connectivity index (χ0n) is 11.9. The molecule has 2 aromatic rings. The lowest BCUT2D eigenvalue weighted by Gasteiger charge is -2.51. The molecule has 0 radical (unpaired) electrons. The van der Waals surface area contributed by atoms with Gasteiger partial charge < -0.3 is 4.90 Å². The second kappa shape index (κ2) is 5.21. The van der Waals surface area contributed by atoms with Crippen molar-refractivity contribution in [1.82, 2.24) is 15.0 Å². The third-order valence-electron chi connectivity index (χ3n) is 4.49. The molecule has 2 unspecified atom stereocenters. The van der Waals surface area contributed by atoms with Crippen LogP contribution < -0.4 is 4.90 Å². The lowest BCUT2D eigenvalue weighted by Crippen LogP contribution is -2.58. The standard InChI is InChI=1S/C15H17ClN4S/c1-9-8-21-15(17-9)14-18-12(16)6-13(19-14)20-7-10-4-2-3-5-11(10)20/h6,8,10-11H,2-5,7H2,1H3. The Morgan fingerprint density at radius 2 is 2.10 bits per heavy atom. The predicted molar refractivity (Wildman–Crippen MR) is 86.0 cm³/mol. The number of hydrogen-bond donors (Lipinski definition) is 0. The number of aromatic nitrogens is 3. The van der Waals surface area contributed by atoms with Gasteiger partial charge in [-0.25, -0.2) is 15.0 Å². The van der Waals surface area contributed by atoms with E-state index in [0.717, 1.165) is 29.0 Å². The van der Waals surface area contributed by atoms with E-state index < -0.39 is 0 Å². The minimum Gasteiger partial charge on any atom is -0.353 e. The lowest BCUT2D eigenvalue weighted by atomic mass is 9.77. The highest BCUT2D eigenvalue weighted by Crippen LogP contribution is 2.40. The van der Waals surface area contributed by atoms with Crippen molar-refractivity contribution < 1.29 is 0 Å². The van der Waals surface area contributed by atoms with Gasteiger partial charge in [-0.3, -0.25) is 0 Å². The Balaban J connectivity index is 1.65. The molecule has 6 heteroatoms. The summed E-state index contributed by atoms with van der Waals surface area (Å²) in [7, 11) is 0. The second-order valence-electron chi connectivity index (χ2n) is 5.93. The molecular formula is C15H17ClN4S. The van der Waals surface area contributed by atoms with Crippen molar-refractivity contribution in [2.45, 2.75) is 38.6 Å². The van der Waals surface area contributed by atoms with E-state index in [1.54, 1.807) is 11.3 Å². The van der Waals surface area contributed by atoms with E-state index in [-0.39, 0.29) is 0 Å². The molecule has 1 aliphatic heterocycles. The Kier molecular flexibility index (Phi) is 3.34. The zero-order chi connectivity index (χ0) is 14.4. The van der Waals surface area contributed by atoms with Crippen molar-refractivity contribution in [2.24, 2.45) is 5.92 Å². The minimum absolute atomic E-state index is 0.502. The molecule has 3 heterocycles. The fourth-order valence-electron chi connectivity index (χ4n) is 3.43. The summed E-state index contributed by atoms with van der Waals surface area (Å²) in [5.74, 6) is 2.45. The van der Waals surface area contributed by atoms with Gasteiger partial charge >= 0.3 is 0 Å². The Bertz CT molecular complexity index is 671. The van der Waals surface area contributed by atoms with Crippen LogP contribution in [0.5, 0.6) is 0 Å². The van der Waals surface area contributed by atoms with Crippen molar-refractivity contribution in [1.29, 1.82) is 0 Å². The van der Waals surface area contributed by atoms with E-state index in [4.69, 9.17) is 16.6 Å². The molecule has 0 amide bonds. The number of halogens is 1. The van der Waals surface area contributed by atoms with Gasteiger partial charge in [-0.2, -0.15) is 0 Å². The van der Waals surface area contributed by atoms with Crippen LogP contribution in [-0.4, -0.2) is 27.5 Å². The normalized spacial score (nSPS) is 24.6. The molecule has 0 bridgehead atoms. The minimum atomic E-state index is 0.502. The molecule has 1 aliphatic carbocycles. The van der Waals surface area contributed by atoms with Crippen LogP contribution >= 0.6 is 22.9 Å². The smallest absolute Gasteiger partial charge is 0.192 e. The lowest BCUT2D eigenvalue weighted by molar-refractivity contribution is 0.213. The summed E-state index contributed by atoms with van der Waals surface area (Å²) < 4.78 is 0. The average Bonchev–Trinajstić information content (AvgIpc) is 2.86. The first-order valence-electron chi connectivity index (χ1n) is 7.44. The van der Waals surface area contributed by atoms with Crippen molar-refractivity contribution in [3.05, 3.63) is 22.3 Å². The molecule has 110 valence electrons. The Morgan fingerprint density at radius 3 is 2.86 bits per heavy atom. The molecule has 21 heavy (non-hydrogen) atoms. The van der Waals surface area contributed by atoms with Gasteiger partial charge in [-0.05, 0) is 25.7 Å². The van der Waals surface area contributed by atoms with Gasteiger partial charge in [0.2, 0.25) is 0 Å². The third-order valence-corrected chi connectivity index (χ3v) is 5.64. The van der Waals surface area contributed by atoms with E-state index in [1.165, 1.54) is 25.7 Å². The van der Waals surface area contributed by atoms with Crippen LogP contribution in [0.3, 0.4) is 0 Å². The Labute approximate surface area is 133 Å². The number of anilines is 1. The van der Waals surface area contributed by atoms with Gasteiger partial charge in [0.25, 0.3) is 0 Å². The third kappa shape index (κ3) is 2.42. The maximum atomic E-state index is 6.21. The van der Waals surface area contributed by atoms with Crippen molar-refractivity contribution in [3.8, 4) is 10.8 Å². The maximum absolute atomic E-state index is 6.21. The van der Waals surface area contributed by atoms with Crippen LogP contribution in [-0.2, 0) is 0 Å². The molecule has 2 aliphatic rings. The topological polar surface area (TPSA) is 41.9 Å². The Morgan fingerprint density at radius 1 is 1.24 bits per heavy atom. The first-order valence-corrected chi connectivity index (χ1v) is 8.70. The summed E-state index contributed by atoms with van der Waals surface area (Å²) in [6.45, 7) is 3.09. The van der Waals surface area contributed by atoms with Crippen molar-refractivity contribution in [3.63, 3.8) is 0 Å². The molecule has 2 aromatic heterocycles. The molecule has 1 saturated heterocycles. The molecular weight excluding hydrogens is 304 g/mol. The number of rotatable bonds is 2. The van der Waals surface area contributed by atoms with E-state index in [9.17, 15) is 0 Å². The molecule has 0 aromatic carbocycles. The SMILES string of the molecule is Cc1csc(-c2nc(Cl)cc(N3CC4CCCCC43)n2)n1. The first-order chi connectivity index (χ1) is 10.2. The van der Waals surface area contributed by atoms with E-state index in [1.807, 2.05) is 18.4 Å². The fourth-order valence-corrected chi connectivity index (χ4v) is 4.34. The number of thiazole rings is 1. The van der Waals surface area contributed by atoms with Gasteiger partial charge in [0.15, 0.2) is 10.8 Å². The van der Waals surface area contributed by atoms with Crippen molar-refractivity contribution in [2.75, 3.05) is 11.4 Å². The number of aryl methyl sites for hydroxylation is 1. The largest absolute Gasteiger partial charge is 0.353 e. The quantitative estimate of drug-likeness (QED) is 0.786. The van der Waals surface area contributed by atoms with Gasteiger partial charge in [0.05, 0.1) is 0 Å². The van der Waals surface area contributed by atoms with Crippen LogP contribution in [0.4, 0.5) is 5.82 Å². The van der Waals surface area contributed by atoms with E-state index in [2.05, 4.69) is 14.9 Å². The van der Waals surface area contributed by atoms with Gasteiger partial charge in [0.1, 0.15) is 11.0 Å². The molecule has 4 nitrogen and oxygen atoms in total. The number of fused-ring (bicyclic) bond motifs is 1. The van der Waals surface area contributed by atoms with E-state index in [0.29, 0.717) is 17.0 Å². The van der Waals surface area contributed by atoms with Crippen LogP contribution in [0, 0.1) is 12.8 Å². The van der Waals surface area contributed by atoms with Gasteiger partial charge in [0, 0.05) is 29.7 Å². The summed E-state index contributed by atoms with van der Waals surface area (Å²) in [6, 6.07) is 2.53. The van der Waals surface area contributed by atoms with Gasteiger partial charge in [-0.1, -0.05) is 24.4 Å². The molecule has 1 saturated carbocycles. The van der Waals surface area contributed by atoms with Crippen molar-refractivity contribution >= 4 is 28.8 Å². The summed E-state index contributed by atoms with van der Waals surface area (Å²) in [4.78, 5) is 15.9. The molecule has 0 spiro atoms. The first kappa shape index (κ1) is 13.5. The highest BCUT2D eigenvalue weighted by molar-refractivity contribution is 7.13. The average molecular weight is 321 g/mol. The highest BCUT2D eigenvalue weighted by atomic mass is 35.5. The van der Waals surface area contributed by atoms with Crippen LogP contribution in [0.25, 0.3) is 10.8 Å². The molecule has 2 fully saturated rings. The fraction of sp³-hybridized carbons (Fsp3) is 0.533. The summed E-state index contributed by atoms with van der Waals surface area (Å²) >= 11 is 7.77. The summed E-state index contributed by atoms with van der Waals surface area (Å²) in [5, 5.41) is 3.36. The summed E-state index contributed by atoms with van der Waals surface area (Å²) in [6.07, 6.45) is 5.34. The number of nitrogens with zero attached hydrogens (tertiary/aromatic N) is 4. The second-order valence-corrected chi connectivity index (χ2v) is 7.18. The highest BCUT2D eigenvalue weighted by Gasteiger charge is 2.40. The van der Waals surface area contributed by atoms with E-state index >= 15 is 0 Å². The zero-order valence-corrected chi connectivity index (χ0v) is 13.5. The molecule has 4 rings (SSSR count). The van der Waals surface area contributed by atoms with Crippen LogP contribution in [0.1, 0.15) is 31.4 Å². The van der Waals surface area contributed by atoms with Crippen LogP contribution in [0.15, 0.2) is 11.4 Å². The predicted octanol–water partition coefficient (Wildman–Crippen LogP) is 3.94. The monoisotopic (exact) mass is 320 g/mol. The maximum Gasteiger partial charge on any atom is 0.192 e. The van der Waals surface area contributed by atoms with Crippen LogP contribution in [0.2, 0.25) is 5.15 Å².